The molecule has 1 aromatic heterocycles. The van der Waals surface area contributed by atoms with Gasteiger partial charge in [-0.25, -0.2) is 0 Å². The molecule has 4 heteroatoms. The molecule has 0 saturated carbocycles. The minimum atomic E-state index is 0.101. The molecule has 2 N–H and O–H groups in total. The molecule has 1 aliphatic rings. The van der Waals surface area contributed by atoms with E-state index in [0.29, 0.717) is 11.6 Å². The number of hydrogen-bond acceptors (Lipinski definition) is 4. The first-order valence-corrected chi connectivity index (χ1v) is 5.85. The van der Waals surface area contributed by atoms with Crippen molar-refractivity contribution >= 4 is 11.5 Å². The average molecular weight is 221 g/mol. The zero-order chi connectivity index (χ0) is 11.5. The molecule has 1 aliphatic heterocycles. The standard InChI is InChI=1S/C12H19N3O/c1-9(2)16-12-10(13)5-6-11(14-12)15-7-3-4-8-15/h5-6,9H,3-4,7-8,13H2,1-2H3. The molecular formula is C12H19N3O. The number of pyridine rings is 1. The Balaban J connectivity index is 2.20. The van der Waals surface area contributed by atoms with Crippen LogP contribution in [0.15, 0.2) is 12.1 Å². The summed E-state index contributed by atoms with van der Waals surface area (Å²) in [5.41, 5.74) is 6.44. The van der Waals surface area contributed by atoms with Gasteiger partial charge in [0.05, 0.1) is 11.8 Å². The lowest BCUT2D eigenvalue weighted by atomic mass is 10.3. The SMILES string of the molecule is CC(C)Oc1nc(N2CCCC2)ccc1N. The predicted molar refractivity (Wildman–Crippen MR) is 65.9 cm³/mol. The quantitative estimate of drug-likeness (QED) is 0.848. The van der Waals surface area contributed by atoms with E-state index >= 15 is 0 Å². The van der Waals surface area contributed by atoms with Crippen molar-refractivity contribution < 1.29 is 4.74 Å². The molecule has 0 aliphatic carbocycles. The van der Waals surface area contributed by atoms with Crippen LogP contribution in [0.25, 0.3) is 0 Å². The highest BCUT2D eigenvalue weighted by atomic mass is 16.5. The number of rotatable bonds is 3. The molecule has 0 spiro atoms. The largest absolute Gasteiger partial charge is 0.473 e. The Morgan fingerprint density at radius 2 is 2.00 bits per heavy atom. The molecule has 1 saturated heterocycles. The maximum Gasteiger partial charge on any atom is 0.239 e. The minimum Gasteiger partial charge on any atom is -0.473 e. The molecule has 16 heavy (non-hydrogen) atoms. The fraction of sp³-hybridized carbons (Fsp3) is 0.583. The summed E-state index contributed by atoms with van der Waals surface area (Å²) in [5, 5.41) is 0. The number of nitrogen functional groups attached to an aromatic ring is 1. The lowest BCUT2D eigenvalue weighted by molar-refractivity contribution is 0.234. The van der Waals surface area contributed by atoms with E-state index in [2.05, 4.69) is 9.88 Å². The maximum absolute atomic E-state index is 5.83. The summed E-state index contributed by atoms with van der Waals surface area (Å²) in [6, 6.07) is 3.84. The van der Waals surface area contributed by atoms with Gasteiger partial charge in [0.25, 0.3) is 0 Å². The van der Waals surface area contributed by atoms with E-state index in [1.54, 1.807) is 0 Å². The predicted octanol–water partition coefficient (Wildman–Crippen LogP) is 2.05. The fourth-order valence-electron chi connectivity index (χ4n) is 1.88. The molecule has 0 unspecified atom stereocenters. The molecule has 1 fully saturated rings. The van der Waals surface area contributed by atoms with Crippen molar-refractivity contribution in [3.05, 3.63) is 12.1 Å². The first-order valence-electron chi connectivity index (χ1n) is 5.85. The third-order valence-corrected chi connectivity index (χ3v) is 2.65. The molecule has 2 heterocycles. The van der Waals surface area contributed by atoms with Crippen LogP contribution in [-0.4, -0.2) is 24.2 Å². The Morgan fingerprint density at radius 1 is 1.31 bits per heavy atom. The van der Waals surface area contributed by atoms with Crippen molar-refractivity contribution in [1.82, 2.24) is 4.98 Å². The monoisotopic (exact) mass is 221 g/mol. The number of nitrogens with zero attached hydrogens (tertiary/aromatic N) is 2. The third kappa shape index (κ3) is 2.38. The smallest absolute Gasteiger partial charge is 0.239 e. The third-order valence-electron chi connectivity index (χ3n) is 2.65. The number of hydrogen-bond donors (Lipinski definition) is 1. The van der Waals surface area contributed by atoms with E-state index in [1.165, 1.54) is 12.8 Å². The maximum atomic E-state index is 5.83. The van der Waals surface area contributed by atoms with Crippen LogP contribution in [0.3, 0.4) is 0 Å². The highest BCUT2D eigenvalue weighted by molar-refractivity contribution is 5.54. The van der Waals surface area contributed by atoms with Gasteiger partial charge >= 0.3 is 0 Å². The lowest BCUT2D eigenvalue weighted by Gasteiger charge is -2.18. The summed E-state index contributed by atoms with van der Waals surface area (Å²) in [6.07, 6.45) is 2.59. The molecule has 88 valence electrons. The second-order valence-electron chi connectivity index (χ2n) is 4.42. The van der Waals surface area contributed by atoms with E-state index in [-0.39, 0.29) is 6.10 Å². The van der Waals surface area contributed by atoms with Gasteiger partial charge in [-0.2, -0.15) is 4.98 Å². The van der Waals surface area contributed by atoms with Crippen molar-refractivity contribution in [3.8, 4) is 5.88 Å². The normalized spacial score (nSPS) is 15.8. The van der Waals surface area contributed by atoms with Crippen LogP contribution >= 0.6 is 0 Å². The van der Waals surface area contributed by atoms with Crippen molar-refractivity contribution in [2.45, 2.75) is 32.8 Å². The van der Waals surface area contributed by atoms with Crippen LogP contribution in [0.5, 0.6) is 5.88 Å². The summed E-state index contributed by atoms with van der Waals surface area (Å²) in [7, 11) is 0. The number of anilines is 2. The van der Waals surface area contributed by atoms with Crippen LogP contribution in [0.4, 0.5) is 11.5 Å². The van der Waals surface area contributed by atoms with Crippen molar-refractivity contribution in [1.29, 1.82) is 0 Å². The Kier molecular flexibility index (Phi) is 3.17. The van der Waals surface area contributed by atoms with Gasteiger partial charge in [-0.15, -0.1) is 0 Å². The van der Waals surface area contributed by atoms with E-state index < -0.39 is 0 Å². The second kappa shape index (κ2) is 4.60. The van der Waals surface area contributed by atoms with E-state index in [4.69, 9.17) is 10.5 Å². The lowest BCUT2D eigenvalue weighted by Crippen LogP contribution is -2.19. The number of aromatic nitrogens is 1. The summed E-state index contributed by atoms with van der Waals surface area (Å²) in [4.78, 5) is 6.74. The molecule has 0 radical (unpaired) electrons. The molecule has 0 bridgehead atoms. The van der Waals surface area contributed by atoms with E-state index in [1.807, 2.05) is 26.0 Å². The van der Waals surface area contributed by atoms with E-state index in [9.17, 15) is 0 Å². The zero-order valence-electron chi connectivity index (χ0n) is 9.94. The first kappa shape index (κ1) is 11.0. The zero-order valence-corrected chi connectivity index (χ0v) is 9.94. The molecule has 0 atom stereocenters. The topological polar surface area (TPSA) is 51.4 Å². The number of ether oxygens (including phenoxy) is 1. The van der Waals surface area contributed by atoms with Gasteiger partial charge in [-0.05, 0) is 38.8 Å². The highest BCUT2D eigenvalue weighted by Gasteiger charge is 2.15. The van der Waals surface area contributed by atoms with Gasteiger partial charge in [0.1, 0.15) is 5.82 Å². The van der Waals surface area contributed by atoms with Gasteiger partial charge in [0.2, 0.25) is 5.88 Å². The Bertz CT molecular complexity index is 359. The average Bonchev–Trinajstić information content (AvgIpc) is 2.73. The van der Waals surface area contributed by atoms with Crippen LogP contribution < -0.4 is 15.4 Å². The van der Waals surface area contributed by atoms with Gasteiger partial charge in [0, 0.05) is 13.1 Å². The Labute approximate surface area is 96.4 Å². The van der Waals surface area contributed by atoms with E-state index in [0.717, 1.165) is 18.9 Å². The number of nitrogens with two attached hydrogens (primary N) is 1. The molecule has 0 aromatic carbocycles. The molecule has 1 aromatic rings. The molecule has 0 amide bonds. The Hall–Kier alpha value is -1.45. The summed E-state index contributed by atoms with van der Waals surface area (Å²) < 4.78 is 5.58. The molecule has 4 nitrogen and oxygen atoms in total. The van der Waals surface area contributed by atoms with Gasteiger partial charge < -0.3 is 15.4 Å². The van der Waals surface area contributed by atoms with Crippen LogP contribution in [0.1, 0.15) is 26.7 Å². The van der Waals surface area contributed by atoms with Gasteiger partial charge in [-0.3, -0.25) is 0 Å². The van der Waals surface area contributed by atoms with Gasteiger partial charge in [0.15, 0.2) is 0 Å². The van der Waals surface area contributed by atoms with Crippen LogP contribution in [0, 0.1) is 0 Å². The van der Waals surface area contributed by atoms with Crippen molar-refractivity contribution in [2.75, 3.05) is 23.7 Å². The fourth-order valence-corrected chi connectivity index (χ4v) is 1.88. The Morgan fingerprint density at radius 3 is 2.62 bits per heavy atom. The van der Waals surface area contributed by atoms with Crippen LogP contribution in [0.2, 0.25) is 0 Å². The molecular weight excluding hydrogens is 202 g/mol. The van der Waals surface area contributed by atoms with Crippen molar-refractivity contribution in [2.24, 2.45) is 0 Å². The minimum absolute atomic E-state index is 0.101. The summed E-state index contributed by atoms with van der Waals surface area (Å²) in [6.45, 7) is 6.11. The first-order chi connectivity index (χ1) is 7.66. The molecule has 2 rings (SSSR count). The summed E-state index contributed by atoms with van der Waals surface area (Å²) >= 11 is 0. The van der Waals surface area contributed by atoms with Gasteiger partial charge in [-0.1, -0.05) is 0 Å². The summed E-state index contributed by atoms with van der Waals surface area (Å²) in [5.74, 6) is 1.53. The van der Waals surface area contributed by atoms with Crippen molar-refractivity contribution in [3.63, 3.8) is 0 Å². The van der Waals surface area contributed by atoms with Crippen LogP contribution in [-0.2, 0) is 0 Å². The highest BCUT2D eigenvalue weighted by Crippen LogP contribution is 2.25. The second-order valence-corrected chi connectivity index (χ2v) is 4.42.